The molecule has 0 saturated heterocycles. The number of nitrogens with one attached hydrogen (secondary N) is 1. The molecule has 0 aromatic heterocycles. The van der Waals surface area contributed by atoms with Gasteiger partial charge in [-0.25, -0.2) is 0 Å². The quantitative estimate of drug-likeness (QED) is 0.714. The van der Waals surface area contributed by atoms with E-state index in [0.29, 0.717) is 35.9 Å². The summed E-state index contributed by atoms with van der Waals surface area (Å²) in [6.45, 7) is 12.3. The van der Waals surface area contributed by atoms with Gasteiger partial charge in [0.25, 0.3) is 5.91 Å². The van der Waals surface area contributed by atoms with E-state index in [2.05, 4.69) is 25.2 Å². The van der Waals surface area contributed by atoms with Crippen molar-refractivity contribution in [1.82, 2.24) is 0 Å². The van der Waals surface area contributed by atoms with Crippen LogP contribution in [0.5, 0.6) is 5.75 Å². The number of ether oxygens (including phenoxy) is 2. The fourth-order valence-corrected chi connectivity index (χ4v) is 2.64. The predicted octanol–water partition coefficient (Wildman–Crippen LogP) is 4.52. The number of carbonyl (C=O) groups is 1. The molecular weight excluding hydrogens is 316 g/mol. The Bertz CT molecular complexity index is 620. The number of anilines is 1. The molecule has 1 aromatic rings. The molecular formula is C20H30N2O3. The van der Waals surface area contributed by atoms with Crippen LogP contribution in [0.1, 0.15) is 59.9 Å². The molecule has 1 N–H and O–H groups in total. The third-order valence-corrected chi connectivity index (χ3v) is 3.62. The van der Waals surface area contributed by atoms with Gasteiger partial charge in [-0.2, -0.15) is 5.26 Å². The largest absolute Gasteiger partial charge is 0.490 e. The van der Waals surface area contributed by atoms with Gasteiger partial charge in [0.05, 0.1) is 11.7 Å². The summed E-state index contributed by atoms with van der Waals surface area (Å²) >= 11 is 0. The molecule has 0 aliphatic carbocycles. The Morgan fingerprint density at radius 1 is 1.32 bits per heavy atom. The van der Waals surface area contributed by atoms with Crippen LogP contribution in [0.25, 0.3) is 0 Å². The van der Waals surface area contributed by atoms with Crippen LogP contribution in [-0.4, -0.2) is 24.2 Å². The van der Waals surface area contributed by atoms with Gasteiger partial charge in [-0.1, -0.05) is 20.8 Å². The first-order valence-corrected chi connectivity index (χ1v) is 8.88. The zero-order valence-corrected chi connectivity index (χ0v) is 16.2. The summed E-state index contributed by atoms with van der Waals surface area (Å²) in [6, 6.07) is 7.19. The van der Waals surface area contributed by atoms with Crippen molar-refractivity contribution in [3.8, 4) is 11.8 Å². The van der Waals surface area contributed by atoms with Crippen LogP contribution < -0.4 is 10.1 Å². The van der Waals surface area contributed by atoms with Crippen molar-refractivity contribution in [2.24, 2.45) is 5.92 Å². The first-order chi connectivity index (χ1) is 11.7. The van der Waals surface area contributed by atoms with Crippen LogP contribution in [-0.2, 0) is 9.53 Å². The van der Waals surface area contributed by atoms with Gasteiger partial charge >= 0.3 is 0 Å². The molecule has 1 amide bonds. The number of nitrogens with zero attached hydrogens (tertiary/aromatic N) is 1. The summed E-state index contributed by atoms with van der Waals surface area (Å²) < 4.78 is 11.5. The Morgan fingerprint density at radius 3 is 2.52 bits per heavy atom. The lowest BCUT2D eigenvalue weighted by atomic mass is 9.93. The molecule has 0 saturated carbocycles. The highest BCUT2D eigenvalue weighted by Gasteiger charge is 2.35. The van der Waals surface area contributed by atoms with E-state index in [-0.39, 0.29) is 12.0 Å². The lowest BCUT2D eigenvalue weighted by molar-refractivity contribution is -0.141. The van der Waals surface area contributed by atoms with Gasteiger partial charge in [-0.15, -0.1) is 0 Å². The molecule has 0 aliphatic rings. The normalized spacial score (nSPS) is 13.4. The van der Waals surface area contributed by atoms with E-state index in [1.165, 1.54) is 0 Å². The first kappa shape index (κ1) is 21.0. The number of carbonyl (C=O) groups excluding carboxylic acids is 1. The van der Waals surface area contributed by atoms with Crippen LogP contribution in [0.15, 0.2) is 18.2 Å². The summed E-state index contributed by atoms with van der Waals surface area (Å²) in [5.74, 6) is 0.642. The topological polar surface area (TPSA) is 71.3 Å². The van der Waals surface area contributed by atoms with Crippen molar-refractivity contribution in [2.45, 2.75) is 66.1 Å². The highest BCUT2D eigenvalue weighted by molar-refractivity contribution is 5.97. The van der Waals surface area contributed by atoms with Crippen LogP contribution in [0.3, 0.4) is 0 Å². The third kappa shape index (κ3) is 6.39. The molecule has 0 radical (unpaired) electrons. The van der Waals surface area contributed by atoms with E-state index in [1.54, 1.807) is 18.2 Å². The van der Waals surface area contributed by atoms with Crippen LogP contribution in [0.4, 0.5) is 5.69 Å². The van der Waals surface area contributed by atoms with Crippen LogP contribution >= 0.6 is 0 Å². The van der Waals surface area contributed by atoms with E-state index in [4.69, 9.17) is 9.47 Å². The fraction of sp³-hybridized carbons (Fsp3) is 0.600. The standard InChI is InChI=1S/C20H30N2O3/c1-7-10-24-20(6,12-14(2)3)19(23)22-17-8-9-18(25-15(4)5)16(11-17)13-21/h8-9,11,14-15H,7,10,12H2,1-6H3,(H,22,23). The molecule has 25 heavy (non-hydrogen) atoms. The second-order valence-corrected chi connectivity index (χ2v) is 7.12. The summed E-state index contributed by atoms with van der Waals surface area (Å²) in [4.78, 5) is 12.8. The average molecular weight is 346 g/mol. The zero-order valence-electron chi connectivity index (χ0n) is 16.2. The highest BCUT2D eigenvalue weighted by atomic mass is 16.5. The SMILES string of the molecule is CCCOC(C)(CC(C)C)C(=O)Nc1ccc(OC(C)C)c(C#N)c1. The smallest absolute Gasteiger partial charge is 0.256 e. The third-order valence-electron chi connectivity index (χ3n) is 3.62. The molecule has 1 aromatic carbocycles. The maximum absolute atomic E-state index is 12.8. The van der Waals surface area contributed by atoms with Gasteiger partial charge < -0.3 is 14.8 Å². The Hall–Kier alpha value is -2.06. The predicted molar refractivity (Wildman–Crippen MR) is 99.7 cm³/mol. The summed E-state index contributed by atoms with van der Waals surface area (Å²) in [7, 11) is 0. The Labute approximate surface area is 151 Å². The van der Waals surface area contributed by atoms with Crippen LogP contribution in [0.2, 0.25) is 0 Å². The molecule has 1 atom stereocenters. The molecule has 1 rings (SSSR count). The summed E-state index contributed by atoms with van der Waals surface area (Å²) in [5.41, 5.74) is 0.0589. The minimum Gasteiger partial charge on any atom is -0.490 e. The van der Waals surface area contributed by atoms with Gasteiger partial charge in [-0.05, 0) is 57.7 Å². The Balaban J connectivity index is 2.98. The summed E-state index contributed by atoms with van der Waals surface area (Å²) in [6.07, 6.45) is 1.45. The highest BCUT2D eigenvalue weighted by Crippen LogP contribution is 2.26. The molecule has 0 spiro atoms. The molecule has 0 fully saturated rings. The second kappa shape index (κ2) is 9.43. The van der Waals surface area contributed by atoms with E-state index >= 15 is 0 Å². The van der Waals surface area contributed by atoms with Crippen molar-refractivity contribution >= 4 is 11.6 Å². The van der Waals surface area contributed by atoms with Crippen molar-refractivity contribution in [3.63, 3.8) is 0 Å². The number of amides is 1. The monoisotopic (exact) mass is 346 g/mol. The van der Waals surface area contributed by atoms with Crippen LogP contribution in [0, 0.1) is 17.2 Å². The molecule has 0 bridgehead atoms. The van der Waals surface area contributed by atoms with Crippen molar-refractivity contribution in [2.75, 3.05) is 11.9 Å². The van der Waals surface area contributed by atoms with E-state index in [1.807, 2.05) is 27.7 Å². The van der Waals surface area contributed by atoms with Gasteiger partial charge in [0.1, 0.15) is 17.4 Å². The van der Waals surface area contributed by atoms with Gasteiger partial charge in [0, 0.05) is 12.3 Å². The van der Waals surface area contributed by atoms with E-state index < -0.39 is 5.60 Å². The van der Waals surface area contributed by atoms with Crippen molar-refractivity contribution in [1.29, 1.82) is 5.26 Å². The minimum atomic E-state index is -0.899. The van der Waals surface area contributed by atoms with Gasteiger partial charge in [0.15, 0.2) is 0 Å². The maximum atomic E-state index is 12.8. The minimum absolute atomic E-state index is 0.0238. The van der Waals surface area contributed by atoms with E-state index in [9.17, 15) is 10.1 Å². The maximum Gasteiger partial charge on any atom is 0.256 e. The first-order valence-electron chi connectivity index (χ1n) is 8.88. The van der Waals surface area contributed by atoms with E-state index in [0.717, 1.165) is 6.42 Å². The number of hydrogen-bond donors (Lipinski definition) is 1. The summed E-state index contributed by atoms with van der Waals surface area (Å²) in [5, 5.41) is 12.2. The number of benzene rings is 1. The lowest BCUT2D eigenvalue weighted by Crippen LogP contribution is -2.44. The molecule has 0 heterocycles. The van der Waals surface area contributed by atoms with Gasteiger partial charge in [0.2, 0.25) is 0 Å². The molecule has 5 nitrogen and oxygen atoms in total. The number of hydrogen-bond acceptors (Lipinski definition) is 4. The average Bonchev–Trinajstić information content (AvgIpc) is 2.53. The molecule has 1 unspecified atom stereocenters. The number of nitriles is 1. The molecule has 0 aliphatic heterocycles. The van der Waals surface area contributed by atoms with Crippen molar-refractivity contribution < 1.29 is 14.3 Å². The van der Waals surface area contributed by atoms with Crippen molar-refractivity contribution in [3.05, 3.63) is 23.8 Å². The Kier molecular flexibility index (Phi) is 7.92. The Morgan fingerprint density at radius 2 is 2.00 bits per heavy atom. The fourth-order valence-electron chi connectivity index (χ4n) is 2.64. The second-order valence-electron chi connectivity index (χ2n) is 7.12. The molecule has 138 valence electrons. The van der Waals surface area contributed by atoms with Gasteiger partial charge in [-0.3, -0.25) is 4.79 Å². The number of rotatable bonds is 9. The zero-order chi connectivity index (χ0) is 19.0. The lowest BCUT2D eigenvalue weighted by Gasteiger charge is -2.30. The molecule has 5 heteroatoms.